The Bertz CT molecular complexity index is 379. The van der Waals surface area contributed by atoms with E-state index in [1.165, 1.54) is 31.2 Å². The lowest BCUT2D eigenvalue weighted by Crippen LogP contribution is -2.35. The van der Waals surface area contributed by atoms with E-state index in [0.29, 0.717) is 12.1 Å². The van der Waals surface area contributed by atoms with Crippen LogP contribution in [0, 0.1) is 5.92 Å². The van der Waals surface area contributed by atoms with Crippen molar-refractivity contribution in [2.24, 2.45) is 5.92 Å². The molecule has 0 amide bonds. The van der Waals surface area contributed by atoms with E-state index in [0.717, 1.165) is 11.7 Å². The predicted molar refractivity (Wildman–Crippen MR) is 81.5 cm³/mol. The third kappa shape index (κ3) is 3.47. The molecule has 0 saturated heterocycles. The quantitative estimate of drug-likeness (QED) is 0.900. The average Bonchev–Trinajstić information content (AvgIpc) is 2.46. The third-order valence-electron chi connectivity index (χ3n) is 4.60. The van der Waals surface area contributed by atoms with Crippen LogP contribution >= 0.6 is 0 Å². The van der Waals surface area contributed by atoms with Crippen molar-refractivity contribution < 1.29 is 0 Å². The molecular weight excluding hydrogens is 234 g/mol. The van der Waals surface area contributed by atoms with Crippen LogP contribution in [-0.4, -0.2) is 25.1 Å². The monoisotopic (exact) mass is 261 g/mol. The highest BCUT2D eigenvalue weighted by Crippen LogP contribution is 2.28. The minimum Gasteiger partial charge on any atom is -0.357 e. The summed E-state index contributed by atoms with van der Waals surface area (Å²) in [7, 11) is 4.16. The highest BCUT2D eigenvalue weighted by atomic mass is 15.2. The van der Waals surface area contributed by atoms with Crippen LogP contribution in [-0.2, 0) is 0 Å². The first-order valence-electron chi connectivity index (χ1n) is 7.48. The smallest absolute Gasteiger partial charge is 0.128 e. The van der Waals surface area contributed by atoms with Crippen molar-refractivity contribution in [2.75, 3.05) is 19.0 Å². The molecule has 0 aliphatic heterocycles. The zero-order valence-electron chi connectivity index (χ0n) is 12.7. The molecule has 0 spiro atoms. The van der Waals surface area contributed by atoms with Gasteiger partial charge in [-0.1, -0.05) is 13.0 Å². The van der Waals surface area contributed by atoms with Crippen LogP contribution in [0.1, 0.15) is 51.1 Å². The van der Waals surface area contributed by atoms with E-state index in [1.807, 2.05) is 13.2 Å². The Kier molecular flexibility index (Phi) is 4.81. The molecule has 1 aromatic rings. The van der Waals surface area contributed by atoms with Crippen molar-refractivity contribution in [3.63, 3.8) is 0 Å². The molecule has 19 heavy (non-hydrogen) atoms. The van der Waals surface area contributed by atoms with Gasteiger partial charge in [-0.3, -0.25) is 0 Å². The Morgan fingerprint density at radius 3 is 2.47 bits per heavy atom. The molecule has 1 heterocycles. The summed E-state index contributed by atoms with van der Waals surface area (Å²) in [5.74, 6) is 2.00. The number of nitrogens with one attached hydrogen (secondary N) is 1. The SMILES string of the molecule is CNC(C)c1ccc(N(C)C2CCC(C)CC2)nc1. The summed E-state index contributed by atoms with van der Waals surface area (Å²) in [5.41, 5.74) is 1.25. The second-order valence-electron chi connectivity index (χ2n) is 5.98. The fraction of sp³-hybridized carbons (Fsp3) is 0.688. The molecule has 2 rings (SSSR count). The molecule has 0 aromatic carbocycles. The number of pyridine rings is 1. The van der Waals surface area contributed by atoms with E-state index in [1.54, 1.807) is 0 Å². The largest absolute Gasteiger partial charge is 0.357 e. The molecule has 0 radical (unpaired) electrons. The first-order chi connectivity index (χ1) is 9.11. The van der Waals surface area contributed by atoms with Crippen molar-refractivity contribution in [3.05, 3.63) is 23.9 Å². The molecule has 1 N–H and O–H groups in total. The first kappa shape index (κ1) is 14.3. The molecule has 1 atom stereocenters. The highest BCUT2D eigenvalue weighted by Gasteiger charge is 2.22. The predicted octanol–water partition coefficient (Wildman–Crippen LogP) is 3.38. The molecule has 3 heteroatoms. The molecule has 0 bridgehead atoms. The standard InChI is InChI=1S/C16H27N3/c1-12-5-8-15(9-6-12)19(4)16-10-7-14(11-18-16)13(2)17-3/h7,10-13,15,17H,5-6,8-9H2,1-4H3. The van der Waals surface area contributed by atoms with Gasteiger partial charge in [0.1, 0.15) is 5.82 Å². The van der Waals surface area contributed by atoms with Crippen molar-refractivity contribution in [1.82, 2.24) is 10.3 Å². The van der Waals surface area contributed by atoms with Gasteiger partial charge in [-0.25, -0.2) is 4.98 Å². The first-order valence-corrected chi connectivity index (χ1v) is 7.48. The van der Waals surface area contributed by atoms with Gasteiger partial charge in [0.25, 0.3) is 0 Å². The van der Waals surface area contributed by atoms with Crippen LogP contribution in [0.4, 0.5) is 5.82 Å². The fourth-order valence-corrected chi connectivity index (χ4v) is 2.85. The average molecular weight is 261 g/mol. The van der Waals surface area contributed by atoms with E-state index in [4.69, 9.17) is 0 Å². The Balaban J connectivity index is 2.01. The second-order valence-corrected chi connectivity index (χ2v) is 5.98. The van der Waals surface area contributed by atoms with Gasteiger partial charge in [0, 0.05) is 25.3 Å². The summed E-state index contributed by atoms with van der Waals surface area (Å²) >= 11 is 0. The zero-order valence-corrected chi connectivity index (χ0v) is 12.7. The minimum absolute atomic E-state index is 0.363. The van der Waals surface area contributed by atoms with Gasteiger partial charge in [-0.2, -0.15) is 0 Å². The van der Waals surface area contributed by atoms with E-state index < -0.39 is 0 Å². The molecule has 106 valence electrons. The van der Waals surface area contributed by atoms with Crippen LogP contribution in [0.3, 0.4) is 0 Å². The topological polar surface area (TPSA) is 28.2 Å². The number of aromatic nitrogens is 1. The molecule has 3 nitrogen and oxygen atoms in total. The lowest BCUT2D eigenvalue weighted by atomic mass is 9.87. The molecular formula is C16H27N3. The van der Waals surface area contributed by atoms with Crippen LogP contribution in [0.5, 0.6) is 0 Å². The normalized spacial score (nSPS) is 25.1. The molecule has 1 fully saturated rings. The Morgan fingerprint density at radius 1 is 1.26 bits per heavy atom. The highest BCUT2D eigenvalue weighted by molar-refractivity contribution is 5.40. The van der Waals surface area contributed by atoms with E-state index in [9.17, 15) is 0 Å². The van der Waals surface area contributed by atoms with E-state index in [2.05, 4.69) is 48.2 Å². The van der Waals surface area contributed by atoms with Crippen LogP contribution in [0.25, 0.3) is 0 Å². The van der Waals surface area contributed by atoms with E-state index >= 15 is 0 Å². The van der Waals surface area contributed by atoms with Crippen molar-refractivity contribution >= 4 is 5.82 Å². The number of anilines is 1. The summed E-state index contributed by atoms with van der Waals surface area (Å²) in [6.45, 7) is 4.52. The summed E-state index contributed by atoms with van der Waals surface area (Å²) in [6.07, 6.45) is 7.30. The molecule has 1 saturated carbocycles. The Labute approximate surface area is 117 Å². The van der Waals surface area contributed by atoms with Crippen molar-refractivity contribution in [3.8, 4) is 0 Å². The van der Waals surface area contributed by atoms with Crippen LogP contribution < -0.4 is 10.2 Å². The van der Waals surface area contributed by atoms with Gasteiger partial charge >= 0.3 is 0 Å². The summed E-state index contributed by atoms with van der Waals surface area (Å²) in [6, 6.07) is 5.37. The summed E-state index contributed by atoms with van der Waals surface area (Å²) < 4.78 is 0. The maximum atomic E-state index is 4.63. The second kappa shape index (κ2) is 6.38. The maximum Gasteiger partial charge on any atom is 0.128 e. The number of hydrogen-bond donors (Lipinski definition) is 1. The zero-order chi connectivity index (χ0) is 13.8. The fourth-order valence-electron chi connectivity index (χ4n) is 2.85. The summed E-state index contributed by atoms with van der Waals surface area (Å²) in [5, 5.41) is 3.24. The number of hydrogen-bond acceptors (Lipinski definition) is 3. The van der Waals surface area contributed by atoms with Gasteiger partial charge in [-0.15, -0.1) is 0 Å². The van der Waals surface area contributed by atoms with Crippen LogP contribution in [0.2, 0.25) is 0 Å². The summed E-state index contributed by atoms with van der Waals surface area (Å²) in [4.78, 5) is 6.99. The lowest BCUT2D eigenvalue weighted by Gasteiger charge is -2.34. The Morgan fingerprint density at radius 2 is 1.95 bits per heavy atom. The van der Waals surface area contributed by atoms with Crippen LogP contribution in [0.15, 0.2) is 18.3 Å². The molecule has 1 aromatic heterocycles. The van der Waals surface area contributed by atoms with Gasteiger partial charge < -0.3 is 10.2 Å². The molecule has 1 aliphatic rings. The maximum absolute atomic E-state index is 4.63. The van der Waals surface area contributed by atoms with Gasteiger partial charge in [0.2, 0.25) is 0 Å². The minimum atomic E-state index is 0.363. The lowest BCUT2D eigenvalue weighted by molar-refractivity contribution is 0.340. The Hall–Kier alpha value is -1.09. The molecule has 1 aliphatic carbocycles. The van der Waals surface area contributed by atoms with Gasteiger partial charge in [0.15, 0.2) is 0 Å². The van der Waals surface area contributed by atoms with Gasteiger partial charge in [0.05, 0.1) is 0 Å². The van der Waals surface area contributed by atoms with Gasteiger partial charge in [-0.05, 0) is 57.2 Å². The third-order valence-corrected chi connectivity index (χ3v) is 4.60. The number of rotatable bonds is 4. The number of nitrogens with zero attached hydrogens (tertiary/aromatic N) is 2. The van der Waals surface area contributed by atoms with Crippen molar-refractivity contribution in [2.45, 2.75) is 51.6 Å². The van der Waals surface area contributed by atoms with E-state index in [-0.39, 0.29) is 0 Å². The van der Waals surface area contributed by atoms with Crippen molar-refractivity contribution in [1.29, 1.82) is 0 Å². The molecule has 1 unspecified atom stereocenters.